The van der Waals surface area contributed by atoms with Gasteiger partial charge in [-0.2, -0.15) is 4.83 Å². The van der Waals surface area contributed by atoms with Gasteiger partial charge in [0.1, 0.15) is 0 Å². The molecule has 0 radical (unpaired) electrons. The molecule has 2 rings (SSSR count). The van der Waals surface area contributed by atoms with Gasteiger partial charge in [-0.1, -0.05) is 42.5 Å². The third kappa shape index (κ3) is 2.52. The summed E-state index contributed by atoms with van der Waals surface area (Å²) in [6.45, 7) is 0. The average Bonchev–Trinajstić information content (AvgIpc) is 2.40. The third-order valence-electron chi connectivity index (χ3n) is 2.41. The van der Waals surface area contributed by atoms with Crippen molar-refractivity contribution < 1.29 is 8.42 Å². The van der Waals surface area contributed by atoms with Crippen LogP contribution in [0.3, 0.4) is 0 Å². The summed E-state index contributed by atoms with van der Waals surface area (Å²) in [4.78, 5) is 1.96. The average molecular weight is 248 g/mol. The van der Waals surface area contributed by atoms with Gasteiger partial charge in [-0.15, -0.1) is 0 Å². The molecule has 0 bridgehead atoms. The van der Waals surface area contributed by atoms with E-state index in [1.165, 1.54) is 6.07 Å². The molecule has 0 atom stereocenters. The lowest BCUT2D eigenvalue weighted by Gasteiger charge is -2.05. The van der Waals surface area contributed by atoms with Crippen molar-refractivity contribution in [1.82, 2.24) is 4.83 Å². The Bertz CT molecular complexity index is 609. The molecule has 0 fully saturated rings. The minimum Gasteiger partial charge on any atom is -0.257 e. The lowest BCUT2D eigenvalue weighted by atomic mass is 10.1. The highest BCUT2D eigenvalue weighted by molar-refractivity contribution is 7.89. The highest BCUT2D eigenvalue weighted by Crippen LogP contribution is 2.21. The largest absolute Gasteiger partial charge is 0.257 e. The van der Waals surface area contributed by atoms with Crippen molar-refractivity contribution in [2.45, 2.75) is 4.90 Å². The van der Waals surface area contributed by atoms with Crippen molar-refractivity contribution in [3.05, 3.63) is 54.6 Å². The van der Waals surface area contributed by atoms with Crippen LogP contribution in [-0.2, 0) is 10.0 Å². The Kier molecular flexibility index (Phi) is 3.23. The van der Waals surface area contributed by atoms with Crippen LogP contribution in [0.15, 0.2) is 59.5 Å². The summed E-state index contributed by atoms with van der Waals surface area (Å²) < 4.78 is 23.1. The van der Waals surface area contributed by atoms with Crippen LogP contribution in [0.1, 0.15) is 0 Å². The second-order valence-electron chi connectivity index (χ2n) is 3.52. The number of hydrogen-bond acceptors (Lipinski definition) is 3. The molecule has 0 heterocycles. The molecule has 0 aliphatic heterocycles. The molecule has 4 nitrogen and oxygen atoms in total. The Hall–Kier alpha value is -1.69. The smallest absolute Gasteiger partial charge is 0.253 e. The minimum absolute atomic E-state index is 0.154. The van der Waals surface area contributed by atoms with E-state index in [4.69, 9.17) is 5.84 Å². The van der Waals surface area contributed by atoms with Crippen molar-refractivity contribution in [2.75, 3.05) is 0 Å². The molecule has 0 saturated heterocycles. The van der Waals surface area contributed by atoms with E-state index in [2.05, 4.69) is 0 Å². The molecule has 0 unspecified atom stereocenters. The van der Waals surface area contributed by atoms with E-state index >= 15 is 0 Å². The van der Waals surface area contributed by atoms with Crippen LogP contribution in [0, 0.1) is 0 Å². The molecule has 3 N–H and O–H groups in total. The van der Waals surface area contributed by atoms with Crippen LogP contribution in [-0.4, -0.2) is 8.42 Å². The molecule has 0 spiro atoms. The molecule has 5 heteroatoms. The number of nitrogens with two attached hydrogens (primary N) is 1. The highest BCUT2D eigenvalue weighted by atomic mass is 32.2. The SMILES string of the molecule is NNS(=O)(=O)c1cccc(-c2ccccc2)c1. The van der Waals surface area contributed by atoms with Crippen molar-refractivity contribution in [2.24, 2.45) is 5.84 Å². The molecule has 88 valence electrons. The number of benzene rings is 2. The third-order valence-corrected chi connectivity index (χ3v) is 3.59. The normalized spacial score (nSPS) is 11.4. The summed E-state index contributed by atoms with van der Waals surface area (Å²) in [6, 6.07) is 16.2. The molecule has 0 amide bonds. The Morgan fingerprint density at radius 1 is 0.882 bits per heavy atom. The van der Waals surface area contributed by atoms with Crippen LogP contribution >= 0.6 is 0 Å². The van der Waals surface area contributed by atoms with Crippen LogP contribution in [0.25, 0.3) is 11.1 Å². The van der Waals surface area contributed by atoms with E-state index in [1.807, 2.05) is 41.2 Å². The van der Waals surface area contributed by atoms with Gasteiger partial charge < -0.3 is 0 Å². The zero-order valence-corrected chi connectivity index (χ0v) is 9.81. The summed E-state index contributed by atoms with van der Waals surface area (Å²) in [5.41, 5.74) is 1.79. The number of hydrazine groups is 1. The van der Waals surface area contributed by atoms with E-state index in [0.29, 0.717) is 0 Å². The molecule has 0 aliphatic carbocycles. The van der Waals surface area contributed by atoms with Gasteiger partial charge in [-0.3, -0.25) is 5.84 Å². The van der Waals surface area contributed by atoms with Gasteiger partial charge in [0, 0.05) is 0 Å². The zero-order valence-electron chi connectivity index (χ0n) is 9.00. The summed E-state index contributed by atoms with van der Waals surface area (Å²) in [5.74, 6) is 4.99. The van der Waals surface area contributed by atoms with Crippen molar-refractivity contribution in [3.63, 3.8) is 0 Å². The maximum Gasteiger partial charge on any atom is 0.253 e. The summed E-state index contributed by atoms with van der Waals surface area (Å²) >= 11 is 0. The second-order valence-corrected chi connectivity index (χ2v) is 5.23. The van der Waals surface area contributed by atoms with Gasteiger partial charge >= 0.3 is 0 Å². The second kappa shape index (κ2) is 4.67. The van der Waals surface area contributed by atoms with Crippen LogP contribution in [0.5, 0.6) is 0 Å². The molecule has 0 saturated carbocycles. The van der Waals surface area contributed by atoms with Crippen molar-refractivity contribution in [1.29, 1.82) is 0 Å². The van der Waals surface area contributed by atoms with E-state index in [0.717, 1.165) is 11.1 Å². The molecular weight excluding hydrogens is 236 g/mol. The fraction of sp³-hybridized carbons (Fsp3) is 0. The summed E-state index contributed by atoms with van der Waals surface area (Å²) in [5, 5.41) is 0. The quantitative estimate of drug-likeness (QED) is 0.638. The maximum absolute atomic E-state index is 11.5. The van der Waals surface area contributed by atoms with E-state index in [9.17, 15) is 8.42 Å². The first-order valence-corrected chi connectivity index (χ1v) is 6.50. The van der Waals surface area contributed by atoms with Crippen LogP contribution in [0.2, 0.25) is 0 Å². The maximum atomic E-state index is 11.5. The van der Waals surface area contributed by atoms with Crippen molar-refractivity contribution >= 4 is 10.0 Å². The van der Waals surface area contributed by atoms with E-state index in [1.54, 1.807) is 12.1 Å². The number of sulfonamides is 1. The molecule has 17 heavy (non-hydrogen) atoms. The Morgan fingerprint density at radius 3 is 2.18 bits per heavy atom. The van der Waals surface area contributed by atoms with Gasteiger partial charge in [-0.05, 0) is 23.3 Å². The monoisotopic (exact) mass is 248 g/mol. The first kappa shape index (κ1) is 11.8. The van der Waals surface area contributed by atoms with Crippen LogP contribution in [0.4, 0.5) is 0 Å². The lowest BCUT2D eigenvalue weighted by molar-refractivity contribution is 0.584. The first-order chi connectivity index (χ1) is 8.13. The highest BCUT2D eigenvalue weighted by Gasteiger charge is 2.11. The Balaban J connectivity index is 2.50. The fourth-order valence-corrected chi connectivity index (χ4v) is 2.22. The standard InChI is InChI=1S/C12H12N2O2S/c13-14-17(15,16)12-8-4-7-11(9-12)10-5-2-1-3-6-10/h1-9,14H,13H2. The topological polar surface area (TPSA) is 72.2 Å². The summed E-state index contributed by atoms with van der Waals surface area (Å²) in [6.07, 6.45) is 0. The van der Waals surface area contributed by atoms with E-state index < -0.39 is 10.0 Å². The molecular formula is C12H12N2O2S. The summed E-state index contributed by atoms with van der Waals surface area (Å²) in [7, 11) is -3.60. The predicted molar refractivity (Wildman–Crippen MR) is 66.4 cm³/mol. The van der Waals surface area contributed by atoms with E-state index in [-0.39, 0.29) is 4.90 Å². The van der Waals surface area contributed by atoms with Crippen LogP contribution < -0.4 is 10.7 Å². The van der Waals surface area contributed by atoms with Gasteiger partial charge in [-0.25, -0.2) is 8.42 Å². The first-order valence-electron chi connectivity index (χ1n) is 5.01. The molecule has 0 aliphatic rings. The van der Waals surface area contributed by atoms with Gasteiger partial charge in [0.15, 0.2) is 0 Å². The number of nitrogens with one attached hydrogen (secondary N) is 1. The molecule has 2 aromatic rings. The lowest BCUT2D eigenvalue weighted by Crippen LogP contribution is -2.30. The minimum atomic E-state index is -3.60. The Morgan fingerprint density at radius 2 is 1.53 bits per heavy atom. The van der Waals surface area contributed by atoms with Crippen molar-refractivity contribution in [3.8, 4) is 11.1 Å². The number of hydrogen-bond donors (Lipinski definition) is 2. The molecule has 0 aromatic heterocycles. The van der Waals surface area contributed by atoms with Gasteiger partial charge in [0.2, 0.25) is 0 Å². The zero-order chi connectivity index (χ0) is 12.3. The fourth-order valence-electron chi connectivity index (χ4n) is 1.54. The number of rotatable bonds is 3. The molecule has 2 aromatic carbocycles. The van der Waals surface area contributed by atoms with Gasteiger partial charge in [0.05, 0.1) is 4.90 Å². The predicted octanol–water partition coefficient (Wildman–Crippen LogP) is 1.51. The van der Waals surface area contributed by atoms with Gasteiger partial charge in [0.25, 0.3) is 10.0 Å². The Labute approximate surface area is 100 Å².